The van der Waals surface area contributed by atoms with E-state index in [9.17, 15) is 18.0 Å². The SMILES string of the molecule is O=C(c1ccc(Cn2cc(Cl)cn2)cc1)N1CCN(Cc2cccc(C(F)(F)F)c2)CC1. The zero-order chi connectivity index (χ0) is 22.7. The number of carbonyl (C=O) groups is 1. The Hall–Kier alpha value is -2.84. The van der Waals surface area contributed by atoms with Gasteiger partial charge in [0, 0.05) is 44.5 Å². The van der Waals surface area contributed by atoms with Crippen molar-refractivity contribution in [1.29, 1.82) is 0 Å². The van der Waals surface area contributed by atoms with E-state index < -0.39 is 11.7 Å². The Kier molecular flexibility index (Phi) is 6.53. The molecule has 1 fully saturated rings. The molecule has 1 amide bonds. The number of nitrogens with zero attached hydrogens (tertiary/aromatic N) is 4. The van der Waals surface area contributed by atoms with Gasteiger partial charge in [-0.1, -0.05) is 41.9 Å². The zero-order valence-corrected chi connectivity index (χ0v) is 18.0. The van der Waals surface area contributed by atoms with Gasteiger partial charge in [0.05, 0.1) is 23.3 Å². The van der Waals surface area contributed by atoms with Gasteiger partial charge in [-0.05, 0) is 29.3 Å². The van der Waals surface area contributed by atoms with Crippen molar-refractivity contribution in [1.82, 2.24) is 19.6 Å². The number of aromatic nitrogens is 2. The van der Waals surface area contributed by atoms with Crippen LogP contribution in [-0.4, -0.2) is 51.7 Å². The minimum Gasteiger partial charge on any atom is -0.336 e. The van der Waals surface area contributed by atoms with E-state index in [1.807, 2.05) is 12.1 Å². The highest BCUT2D eigenvalue weighted by molar-refractivity contribution is 6.30. The summed E-state index contributed by atoms with van der Waals surface area (Å²) in [4.78, 5) is 16.7. The van der Waals surface area contributed by atoms with Gasteiger partial charge in [0.1, 0.15) is 0 Å². The lowest BCUT2D eigenvalue weighted by Crippen LogP contribution is -2.48. The second-order valence-electron chi connectivity index (χ2n) is 7.82. The smallest absolute Gasteiger partial charge is 0.336 e. The molecule has 0 bridgehead atoms. The number of carbonyl (C=O) groups excluding carboxylic acids is 1. The molecule has 32 heavy (non-hydrogen) atoms. The summed E-state index contributed by atoms with van der Waals surface area (Å²) in [6.07, 6.45) is -1.03. The molecule has 0 saturated carbocycles. The van der Waals surface area contributed by atoms with Gasteiger partial charge in [0.25, 0.3) is 5.91 Å². The molecule has 2 heterocycles. The summed E-state index contributed by atoms with van der Waals surface area (Å²) in [6.45, 7) is 3.28. The highest BCUT2D eigenvalue weighted by Crippen LogP contribution is 2.29. The fourth-order valence-electron chi connectivity index (χ4n) is 3.76. The maximum Gasteiger partial charge on any atom is 0.416 e. The number of amides is 1. The molecule has 168 valence electrons. The second-order valence-corrected chi connectivity index (χ2v) is 8.26. The Morgan fingerprint density at radius 1 is 0.969 bits per heavy atom. The highest BCUT2D eigenvalue weighted by Gasteiger charge is 2.30. The maximum atomic E-state index is 12.9. The summed E-state index contributed by atoms with van der Waals surface area (Å²) < 4.78 is 40.5. The van der Waals surface area contributed by atoms with E-state index in [2.05, 4.69) is 10.00 Å². The Morgan fingerprint density at radius 3 is 2.31 bits per heavy atom. The molecule has 0 radical (unpaired) electrons. The van der Waals surface area contributed by atoms with Gasteiger partial charge in [-0.25, -0.2) is 0 Å². The lowest BCUT2D eigenvalue weighted by atomic mass is 10.1. The van der Waals surface area contributed by atoms with Crippen molar-refractivity contribution in [2.45, 2.75) is 19.3 Å². The summed E-state index contributed by atoms with van der Waals surface area (Å²) in [5, 5.41) is 4.72. The maximum absolute atomic E-state index is 12.9. The lowest BCUT2D eigenvalue weighted by molar-refractivity contribution is -0.137. The van der Waals surface area contributed by atoms with Gasteiger partial charge in [-0.2, -0.15) is 18.3 Å². The van der Waals surface area contributed by atoms with Gasteiger partial charge in [0.15, 0.2) is 0 Å². The number of alkyl halides is 3. The molecule has 1 aliphatic rings. The van der Waals surface area contributed by atoms with E-state index in [1.54, 1.807) is 40.2 Å². The number of hydrogen-bond acceptors (Lipinski definition) is 3. The van der Waals surface area contributed by atoms with Crippen molar-refractivity contribution >= 4 is 17.5 Å². The minimum atomic E-state index is -4.35. The summed E-state index contributed by atoms with van der Waals surface area (Å²) in [5.41, 5.74) is 1.60. The molecule has 0 spiro atoms. The molecule has 1 saturated heterocycles. The molecule has 0 atom stereocenters. The fourth-order valence-corrected chi connectivity index (χ4v) is 3.92. The Bertz CT molecular complexity index is 1070. The summed E-state index contributed by atoms with van der Waals surface area (Å²) in [6, 6.07) is 12.8. The molecule has 4 rings (SSSR count). The van der Waals surface area contributed by atoms with Crippen molar-refractivity contribution in [3.05, 3.63) is 88.2 Å². The van der Waals surface area contributed by atoms with Gasteiger partial charge in [-0.15, -0.1) is 0 Å². The third-order valence-corrected chi connectivity index (χ3v) is 5.66. The van der Waals surface area contributed by atoms with Crippen LogP contribution in [0.3, 0.4) is 0 Å². The monoisotopic (exact) mass is 462 g/mol. The van der Waals surface area contributed by atoms with Crippen LogP contribution in [0.15, 0.2) is 60.9 Å². The van der Waals surface area contributed by atoms with Crippen LogP contribution in [0.4, 0.5) is 13.2 Å². The number of rotatable bonds is 5. The zero-order valence-electron chi connectivity index (χ0n) is 17.2. The largest absolute Gasteiger partial charge is 0.416 e. The normalized spacial score (nSPS) is 15.2. The van der Waals surface area contributed by atoms with E-state index in [0.29, 0.717) is 55.4 Å². The van der Waals surface area contributed by atoms with Crippen LogP contribution in [0.1, 0.15) is 27.0 Å². The molecular formula is C23H22ClF3N4O. The van der Waals surface area contributed by atoms with Crippen LogP contribution in [0.2, 0.25) is 5.02 Å². The Balaban J connectivity index is 1.30. The van der Waals surface area contributed by atoms with Gasteiger partial charge >= 0.3 is 6.18 Å². The van der Waals surface area contributed by atoms with Crippen LogP contribution < -0.4 is 0 Å². The van der Waals surface area contributed by atoms with Crippen LogP contribution >= 0.6 is 11.6 Å². The van der Waals surface area contributed by atoms with Gasteiger partial charge in [0.2, 0.25) is 0 Å². The first-order valence-corrected chi connectivity index (χ1v) is 10.6. The second kappa shape index (κ2) is 9.34. The van der Waals surface area contributed by atoms with Crippen LogP contribution in [0.5, 0.6) is 0 Å². The van der Waals surface area contributed by atoms with E-state index in [-0.39, 0.29) is 5.91 Å². The first-order chi connectivity index (χ1) is 15.3. The molecule has 0 unspecified atom stereocenters. The van der Waals surface area contributed by atoms with E-state index in [4.69, 9.17) is 11.6 Å². The number of benzene rings is 2. The van der Waals surface area contributed by atoms with Crippen LogP contribution in [-0.2, 0) is 19.3 Å². The third kappa shape index (κ3) is 5.49. The number of hydrogen-bond donors (Lipinski definition) is 0. The molecule has 5 nitrogen and oxygen atoms in total. The molecule has 3 aromatic rings. The predicted molar refractivity (Wildman–Crippen MR) is 115 cm³/mol. The van der Waals surface area contributed by atoms with E-state index in [1.165, 1.54) is 12.1 Å². The molecule has 0 N–H and O–H groups in total. The quantitative estimate of drug-likeness (QED) is 0.558. The summed E-state index contributed by atoms with van der Waals surface area (Å²) in [7, 11) is 0. The Morgan fingerprint density at radius 2 is 1.69 bits per heavy atom. The first-order valence-electron chi connectivity index (χ1n) is 10.2. The van der Waals surface area contributed by atoms with E-state index >= 15 is 0 Å². The van der Waals surface area contributed by atoms with Crippen LogP contribution in [0.25, 0.3) is 0 Å². The molecule has 1 aliphatic heterocycles. The standard InChI is InChI=1S/C23H22ClF3N4O/c24-21-13-28-31(16-21)15-17-4-6-19(7-5-17)22(32)30-10-8-29(9-11-30)14-18-2-1-3-20(12-18)23(25,26)27/h1-7,12-13,16H,8-11,14-15H2. The number of halogens is 4. The first kappa shape index (κ1) is 22.4. The molecule has 1 aromatic heterocycles. The minimum absolute atomic E-state index is 0.0441. The summed E-state index contributed by atoms with van der Waals surface area (Å²) in [5.74, 6) is -0.0441. The van der Waals surface area contributed by atoms with Crippen molar-refractivity contribution < 1.29 is 18.0 Å². The predicted octanol–water partition coefficient (Wildman–Crippen LogP) is 4.56. The number of piperazine rings is 1. The lowest BCUT2D eigenvalue weighted by Gasteiger charge is -2.35. The van der Waals surface area contributed by atoms with Crippen molar-refractivity contribution in [2.24, 2.45) is 0 Å². The average Bonchev–Trinajstić information content (AvgIpc) is 3.18. The molecule has 9 heteroatoms. The average molecular weight is 463 g/mol. The van der Waals surface area contributed by atoms with E-state index in [0.717, 1.165) is 11.6 Å². The highest BCUT2D eigenvalue weighted by atomic mass is 35.5. The van der Waals surface area contributed by atoms with Crippen molar-refractivity contribution in [2.75, 3.05) is 26.2 Å². The molecular weight excluding hydrogens is 441 g/mol. The fraction of sp³-hybridized carbons (Fsp3) is 0.304. The molecule has 2 aromatic carbocycles. The topological polar surface area (TPSA) is 41.4 Å². The third-order valence-electron chi connectivity index (χ3n) is 5.47. The van der Waals surface area contributed by atoms with Gasteiger partial charge < -0.3 is 4.90 Å². The van der Waals surface area contributed by atoms with Gasteiger partial charge in [-0.3, -0.25) is 14.4 Å². The van der Waals surface area contributed by atoms with Crippen molar-refractivity contribution in [3.63, 3.8) is 0 Å². The van der Waals surface area contributed by atoms with Crippen LogP contribution in [0, 0.1) is 0 Å². The molecule has 0 aliphatic carbocycles. The van der Waals surface area contributed by atoms with Crippen molar-refractivity contribution in [3.8, 4) is 0 Å². The Labute approximate surface area is 189 Å². The summed E-state index contributed by atoms with van der Waals surface area (Å²) >= 11 is 5.88.